The number of amides is 1. The van der Waals surface area contributed by atoms with Crippen LogP contribution in [0.2, 0.25) is 0 Å². The van der Waals surface area contributed by atoms with Gasteiger partial charge in [0.15, 0.2) is 12.4 Å². The number of ether oxygens (including phenoxy) is 2. The average Bonchev–Trinajstić information content (AvgIpc) is 2.80. The summed E-state index contributed by atoms with van der Waals surface area (Å²) in [5.74, 6) is 0.0399. The molecule has 1 amide bonds. The van der Waals surface area contributed by atoms with E-state index in [1.54, 1.807) is 48.8 Å². The van der Waals surface area contributed by atoms with Gasteiger partial charge in [-0.15, -0.1) is 0 Å². The van der Waals surface area contributed by atoms with Gasteiger partial charge in [-0.1, -0.05) is 29.8 Å². The maximum Gasteiger partial charge on any atom is 0.338 e. The number of para-hydroxylation sites is 2. The average molecular weight is 413 g/mol. The minimum absolute atomic E-state index is 0.295. The summed E-state index contributed by atoms with van der Waals surface area (Å²) in [6, 6.07) is 19.5. The van der Waals surface area contributed by atoms with Gasteiger partial charge in [-0.25, -0.2) is 4.79 Å². The molecular weight excluding hydrogens is 394 g/mol. The quantitative estimate of drug-likeness (QED) is 0.467. The number of carbonyl (C=O) groups is 2. The summed E-state index contributed by atoms with van der Waals surface area (Å²) in [6.45, 7) is 1.56. The van der Waals surface area contributed by atoms with E-state index in [-0.39, 0.29) is 0 Å². The van der Waals surface area contributed by atoms with E-state index in [9.17, 15) is 9.59 Å². The number of aromatic nitrogens is 2. The minimum Gasteiger partial charge on any atom is -0.455 e. The number of carbonyl (C=O) groups excluding carboxylic acids is 2. The van der Waals surface area contributed by atoms with Gasteiger partial charge in [0.2, 0.25) is 0 Å². The molecule has 0 radical (unpaired) electrons. The summed E-state index contributed by atoms with van der Waals surface area (Å²) >= 11 is 0. The highest BCUT2D eigenvalue weighted by Crippen LogP contribution is 2.29. The Morgan fingerprint density at radius 3 is 2.45 bits per heavy atom. The zero-order valence-corrected chi connectivity index (χ0v) is 16.7. The molecule has 154 valence electrons. The Morgan fingerprint density at radius 1 is 0.903 bits per heavy atom. The zero-order valence-electron chi connectivity index (χ0n) is 16.7. The fourth-order valence-electron chi connectivity index (χ4n) is 2.88. The van der Waals surface area contributed by atoms with Crippen LogP contribution in [0, 0.1) is 6.92 Å². The SMILES string of the molecule is Cc1ccc(Oc2ccccc2NC(=O)COC(=O)c2ccc3nccnc3c2)cc1. The molecule has 7 heteroatoms. The van der Waals surface area contributed by atoms with Crippen LogP contribution in [0.4, 0.5) is 5.69 Å². The molecule has 0 spiro atoms. The van der Waals surface area contributed by atoms with Crippen molar-refractivity contribution in [2.24, 2.45) is 0 Å². The van der Waals surface area contributed by atoms with Crippen molar-refractivity contribution in [2.75, 3.05) is 11.9 Å². The molecule has 0 saturated carbocycles. The number of benzene rings is 3. The van der Waals surface area contributed by atoms with Gasteiger partial charge in [0.05, 0.1) is 22.3 Å². The molecule has 4 rings (SSSR count). The molecule has 3 aromatic carbocycles. The van der Waals surface area contributed by atoms with Gasteiger partial charge in [0, 0.05) is 12.4 Å². The zero-order chi connectivity index (χ0) is 21.6. The molecule has 0 aliphatic rings. The number of nitrogens with zero attached hydrogens (tertiary/aromatic N) is 2. The fourth-order valence-corrected chi connectivity index (χ4v) is 2.88. The molecule has 0 aliphatic heterocycles. The van der Waals surface area contributed by atoms with E-state index in [0.29, 0.717) is 33.8 Å². The van der Waals surface area contributed by atoms with Crippen LogP contribution < -0.4 is 10.1 Å². The summed E-state index contributed by atoms with van der Waals surface area (Å²) in [6.07, 6.45) is 3.12. The van der Waals surface area contributed by atoms with E-state index in [2.05, 4.69) is 15.3 Å². The summed E-state index contributed by atoms with van der Waals surface area (Å²) < 4.78 is 11.0. The molecule has 1 N–H and O–H groups in total. The molecule has 0 unspecified atom stereocenters. The number of fused-ring (bicyclic) bond motifs is 1. The number of esters is 1. The number of anilines is 1. The normalized spacial score (nSPS) is 10.5. The molecule has 0 saturated heterocycles. The van der Waals surface area contributed by atoms with Crippen LogP contribution in [0.1, 0.15) is 15.9 Å². The summed E-state index contributed by atoms with van der Waals surface area (Å²) in [4.78, 5) is 33.0. The summed E-state index contributed by atoms with van der Waals surface area (Å²) in [5, 5.41) is 2.72. The van der Waals surface area contributed by atoms with Crippen molar-refractivity contribution in [1.82, 2.24) is 9.97 Å². The second-order valence-electron chi connectivity index (χ2n) is 6.80. The van der Waals surface area contributed by atoms with Crippen LogP contribution >= 0.6 is 0 Å². The van der Waals surface area contributed by atoms with Crippen LogP contribution in [0.5, 0.6) is 11.5 Å². The highest BCUT2D eigenvalue weighted by atomic mass is 16.5. The Bertz CT molecular complexity index is 1240. The van der Waals surface area contributed by atoms with Crippen LogP contribution in [0.25, 0.3) is 11.0 Å². The third kappa shape index (κ3) is 5.02. The maximum absolute atomic E-state index is 12.3. The molecule has 0 fully saturated rings. The smallest absolute Gasteiger partial charge is 0.338 e. The molecule has 0 bridgehead atoms. The van der Waals surface area contributed by atoms with Crippen LogP contribution in [0.3, 0.4) is 0 Å². The lowest BCUT2D eigenvalue weighted by atomic mass is 10.2. The predicted molar refractivity (Wildman–Crippen MR) is 116 cm³/mol. The Morgan fingerprint density at radius 2 is 1.65 bits per heavy atom. The van der Waals surface area contributed by atoms with Crippen LogP contribution in [0.15, 0.2) is 79.1 Å². The van der Waals surface area contributed by atoms with Gasteiger partial charge in [0.1, 0.15) is 5.75 Å². The van der Waals surface area contributed by atoms with Crippen molar-refractivity contribution < 1.29 is 19.1 Å². The standard InChI is InChI=1S/C24H19N3O4/c1-16-6-9-18(10-7-16)31-22-5-3-2-4-20(22)27-23(28)15-30-24(29)17-8-11-19-21(14-17)26-13-12-25-19/h2-14H,15H2,1H3,(H,27,28). The van der Waals surface area contributed by atoms with Crippen molar-refractivity contribution in [3.05, 3.63) is 90.3 Å². The highest BCUT2D eigenvalue weighted by Gasteiger charge is 2.13. The van der Waals surface area contributed by atoms with Gasteiger partial charge >= 0.3 is 5.97 Å². The first kappa shape index (κ1) is 20.0. The number of nitrogens with one attached hydrogen (secondary N) is 1. The lowest BCUT2D eigenvalue weighted by molar-refractivity contribution is -0.119. The third-order valence-corrected chi connectivity index (χ3v) is 4.45. The highest BCUT2D eigenvalue weighted by molar-refractivity contribution is 5.97. The van der Waals surface area contributed by atoms with Crippen LogP contribution in [-0.2, 0) is 9.53 Å². The lowest BCUT2D eigenvalue weighted by Gasteiger charge is -2.12. The summed E-state index contributed by atoms with van der Waals surface area (Å²) in [5.41, 5.74) is 3.13. The number of hydrogen-bond donors (Lipinski definition) is 1. The summed E-state index contributed by atoms with van der Waals surface area (Å²) in [7, 11) is 0. The van der Waals surface area contributed by atoms with Crippen molar-refractivity contribution in [1.29, 1.82) is 0 Å². The van der Waals surface area contributed by atoms with Crippen molar-refractivity contribution in [3.63, 3.8) is 0 Å². The molecule has 1 aromatic heterocycles. The lowest BCUT2D eigenvalue weighted by Crippen LogP contribution is -2.21. The molecule has 7 nitrogen and oxygen atoms in total. The Hall–Kier alpha value is -4.26. The van der Waals surface area contributed by atoms with Crippen molar-refractivity contribution in [2.45, 2.75) is 6.92 Å². The topological polar surface area (TPSA) is 90.4 Å². The molecule has 0 atom stereocenters. The first-order chi connectivity index (χ1) is 15.1. The predicted octanol–water partition coefficient (Wildman–Crippen LogP) is 4.53. The number of rotatable bonds is 6. The maximum atomic E-state index is 12.3. The van der Waals surface area contributed by atoms with Gasteiger partial charge in [-0.05, 0) is 49.4 Å². The third-order valence-electron chi connectivity index (χ3n) is 4.45. The van der Waals surface area contributed by atoms with Crippen LogP contribution in [-0.4, -0.2) is 28.5 Å². The number of hydrogen-bond acceptors (Lipinski definition) is 6. The molecule has 1 heterocycles. The van der Waals surface area contributed by atoms with E-state index in [1.807, 2.05) is 37.3 Å². The largest absolute Gasteiger partial charge is 0.455 e. The van der Waals surface area contributed by atoms with Gasteiger partial charge in [0.25, 0.3) is 5.91 Å². The molecular formula is C24H19N3O4. The van der Waals surface area contributed by atoms with E-state index in [0.717, 1.165) is 5.56 Å². The minimum atomic E-state index is -0.619. The van der Waals surface area contributed by atoms with Gasteiger partial charge in [-0.2, -0.15) is 0 Å². The van der Waals surface area contributed by atoms with E-state index >= 15 is 0 Å². The Labute approximate surface area is 178 Å². The second-order valence-corrected chi connectivity index (χ2v) is 6.80. The molecule has 0 aliphatic carbocycles. The number of aryl methyl sites for hydroxylation is 1. The first-order valence-corrected chi connectivity index (χ1v) is 9.60. The van der Waals surface area contributed by atoms with E-state index in [4.69, 9.17) is 9.47 Å². The van der Waals surface area contributed by atoms with Gasteiger partial charge in [-0.3, -0.25) is 14.8 Å². The fraction of sp³-hybridized carbons (Fsp3) is 0.0833. The van der Waals surface area contributed by atoms with Crippen molar-refractivity contribution >= 4 is 28.6 Å². The van der Waals surface area contributed by atoms with E-state index in [1.165, 1.54) is 0 Å². The Balaban J connectivity index is 1.38. The van der Waals surface area contributed by atoms with E-state index < -0.39 is 18.5 Å². The second kappa shape index (κ2) is 9.04. The first-order valence-electron chi connectivity index (χ1n) is 9.60. The van der Waals surface area contributed by atoms with Gasteiger partial charge < -0.3 is 14.8 Å². The Kier molecular flexibility index (Phi) is 5.84. The molecule has 31 heavy (non-hydrogen) atoms. The van der Waals surface area contributed by atoms with Crippen molar-refractivity contribution in [3.8, 4) is 11.5 Å². The molecule has 4 aromatic rings. The monoisotopic (exact) mass is 413 g/mol.